The fraction of sp³-hybridized carbons (Fsp3) is 0.625. The third-order valence-corrected chi connectivity index (χ3v) is 11.3. The van der Waals surface area contributed by atoms with Gasteiger partial charge in [0, 0.05) is 11.3 Å². The minimum atomic E-state index is -2.23. The number of alkyl halides is 1. The van der Waals surface area contributed by atoms with Crippen molar-refractivity contribution in [1.82, 2.24) is 0 Å². The first-order valence-electron chi connectivity index (χ1n) is 15.1. The summed E-state index contributed by atoms with van der Waals surface area (Å²) in [5.41, 5.74) is -4.58. The quantitative estimate of drug-likeness (QED) is 0.369. The van der Waals surface area contributed by atoms with E-state index >= 15 is 4.39 Å². The van der Waals surface area contributed by atoms with Crippen molar-refractivity contribution < 1.29 is 48.0 Å². The van der Waals surface area contributed by atoms with Crippen molar-refractivity contribution in [2.75, 3.05) is 6.61 Å². The molecular formula is C32H36FNO10. The largest absolute Gasteiger partial charge is 0.485 e. The summed E-state index contributed by atoms with van der Waals surface area (Å²) in [5.74, 6) is -3.32. The lowest BCUT2D eigenvalue weighted by molar-refractivity contribution is -0.763. The molecule has 3 saturated carbocycles. The Morgan fingerprint density at radius 3 is 2.59 bits per heavy atom. The van der Waals surface area contributed by atoms with Crippen molar-refractivity contribution in [3.8, 4) is 0 Å². The van der Waals surface area contributed by atoms with E-state index in [0.29, 0.717) is 36.0 Å². The Balaban J connectivity index is 1.33. The van der Waals surface area contributed by atoms with Gasteiger partial charge in [0.1, 0.15) is 19.8 Å². The van der Waals surface area contributed by atoms with Crippen LogP contribution in [-0.4, -0.2) is 57.6 Å². The number of hydrogen-bond acceptors (Lipinski definition) is 10. The molecule has 8 rings (SSSR count). The van der Waals surface area contributed by atoms with Crippen molar-refractivity contribution in [1.29, 1.82) is 0 Å². The maximum atomic E-state index is 18.2. The molecule has 1 aromatic carbocycles. The molecule has 6 bridgehead atoms. The number of carbonyl (C=O) groups is 2. The van der Waals surface area contributed by atoms with Crippen LogP contribution in [0.5, 0.6) is 0 Å². The van der Waals surface area contributed by atoms with Crippen molar-refractivity contribution in [2.24, 2.45) is 22.7 Å². The number of ketones is 2. The number of Topliss-reactive ketones (excluding diaryl/α,β-unsaturated/α-hetero) is 1. The molecule has 3 heterocycles. The molecule has 8 atom stereocenters. The molecular weight excluding hydrogens is 577 g/mol. The molecule has 11 nitrogen and oxygen atoms in total. The average Bonchev–Trinajstić information content (AvgIpc) is 3.36. The van der Waals surface area contributed by atoms with Gasteiger partial charge in [-0.05, 0) is 75.1 Å². The van der Waals surface area contributed by atoms with Gasteiger partial charge in [-0.3, -0.25) is 9.59 Å². The van der Waals surface area contributed by atoms with Gasteiger partial charge in [0.05, 0.1) is 17.6 Å². The van der Waals surface area contributed by atoms with Crippen molar-refractivity contribution >= 4 is 11.6 Å². The molecule has 12 heteroatoms. The van der Waals surface area contributed by atoms with Gasteiger partial charge in [-0.15, -0.1) is 10.1 Å². The molecule has 0 aromatic heterocycles. The van der Waals surface area contributed by atoms with Crippen molar-refractivity contribution in [2.45, 2.75) is 95.9 Å². The Morgan fingerprint density at radius 2 is 1.86 bits per heavy atom. The van der Waals surface area contributed by atoms with Crippen LogP contribution in [0.4, 0.5) is 4.39 Å². The number of aliphatic hydroxyl groups excluding tert-OH is 1. The number of hydrogen-bond donors (Lipinski definition) is 1. The topological polar surface area (TPSA) is 144 Å². The van der Waals surface area contributed by atoms with Crippen LogP contribution in [-0.2, 0) is 46.6 Å². The van der Waals surface area contributed by atoms with Gasteiger partial charge in [0.25, 0.3) is 5.09 Å². The van der Waals surface area contributed by atoms with Gasteiger partial charge in [-0.1, -0.05) is 31.2 Å². The highest BCUT2D eigenvalue weighted by molar-refractivity contribution is 6.05. The number of halogens is 1. The second-order valence-corrected chi connectivity index (χ2v) is 13.9. The van der Waals surface area contributed by atoms with Gasteiger partial charge in [0.2, 0.25) is 17.3 Å². The zero-order valence-corrected chi connectivity index (χ0v) is 25.1. The summed E-state index contributed by atoms with van der Waals surface area (Å²) in [6, 6.07) is 6.67. The zero-order chi connectivity index (χ0) is 31.4. The number of benzene rings is 1. The van der Waals surface area contributed by atoms with Gasteiger partial charge in [0.15, 0.2) is 22.8 Å². The van der Waals surface area contributed by atoms with Gasteiger partial charge >= 0.3 is 0 Å². The lowest BCUT2D eigenvalue weighted by Gasteiger charge is -2.64. The predicted molar refractivity (Wildman–Crippen MR) is 148 cm³/mol. The summed E-state index contributed by atoms with van der Waals surface area (Å²) in [6.07, 6.45) is 0.423. The van der Waals surface area contributed by atoms with Gasteiger partial charge in [-0.25, -0.2) is 4.39 Å². The van der Waals surface area contributed by atoms with Crippen LogP contribution in [0.1, 0.15) is 64.5 Å². The van der Waals surface area contributed by atoms with Crippen LogP contribution in [0.25, 0.3) is 0 Å². The highest BCUT2D eigenvalue weighted by Gasteiger charge is 2.81. The number of fused-ring (bicyclic) bond motifs is 3. The minimum Gasteiger partial charge on any atom is -0.485 e. The Kier molecular flexibility index (Phi) is 6.23. The molecule has 3 aliphatic heterocycles. The summed E-state index contributed by atoms with van der Waals surface area (Å²) in [7, 11) is 0. The zero-order valence-electron chi connectivity index (χ0n) is 25.1. The van der Waals surface area contributed by atoms with Crippen LogP contribution >= 0.6 is 0 Å². The lowest BCUT2D eigenvalue weighted by atomic mass is 9.44. The molecule has 3 saturated heterocycles. The number of nitrogens with zero attached hydrogens (tertiary/aromatic N) is 1. The highest BCUT2D eigenvalue weighted by Crippen LogP contribution is 2.74. The molecule has 44 heavy (non-hydrogen) atoms. The van der Waals surface area contributed by atoms with Gasteiger partial charge < -0.3 is 28.9 Å². The molecule has 0 amide bonds. The molecule has 1 spiro atoms. The van der Waals surface area contributed by atoms with E-state index in [1.807, 2.05) is 6.92 Å². The first kappa shape index (κ1) is 29.4. The average molecular weight is 614 g/mol. The SMILES string of the molecule is CC1(C)O[C@H]2C[C@H]3[C@@H]4CCC5=CC(=O)C(OCc6cccc(CO[N+](=O)[O-])c6)=C6OCC(=O)[C@]2(O1)[C@]3(C)C[C@@H](O)C4(F)[C@]56C. The smallest absolute Gasteiger partial charge is 0.294 e. The standard InChI is InChI=1S/C32H36FNO10/c1-28(2)43-25-12-21-20-9-8-19-11-22(35)26(40-14-17-6-5-7-18(10-17)15-42-34(38)39)27-30(19,4)31(20,33)23(36)13-29(21,3)32(25,44-28)24(37)16-41-27/h5-7,10-11,20-21,23,25,36H,8-9,12-16H2,1-4H3/t20-,21-,23+,25-,29+,30+,31?,32+/m0/s1. The molecule has 6 fully saturated rings. The van der Waals surface area contributed by atoms with E-state index in [4.69, 9.17) is 18.9 Å². The highest BCUT2D eigenvalue weighted by atomic mass is 19.1. The maximum Gasteiger partial charge on any atom is 0.294 e. The van der Waals surface area contributed by atoms with Crippen LogP contribution < -0.4 is 0 Å². The van der Waals surface area contributed by atoms with E-state index in [1.165, 1.54) is 6.08 Å². The molecule has 1 aromatic rings. The second-order valence-electron chi connectivity index (χ2n) is 13.9. The molecule has 0 radical (unpaired) electrons. The van der Waals surface area contributed by atoms with E-state index in [0.717, 1.165) is 0 Å². The number of carbonyl (C=O) groups excluding carboxylic acids is 2. The fourth-order valence-electron chi connectivity index (χ4n) is 9.63. The normalized spacial score (nSPS) is 41.5. The number of aliphatic hydroxyl groups is 1. The minimum absolute atomic E-state index is 0.0222. The number of rotatable bonds is 6. The molecule has 7 aliphatic rings. The first-order valence-corrected chi connectivity index (χ1v) is 15.1. The molecule has 1 unspecified atom stereocenters. The summed E-state index contributed by atoms with van der Waals surface area (Å²) in [5, 5.41) is 21.6. The van der Waals surface area contributed by atoms with E-state index in [1.54, 1.807) is 45.0 Å². The Bertz CT molecular complexity index is 1540. The summed E-state index contributed by atoms with van der Waals surface area (Å²) in [4.78, 5) is 43.0. The van der Waals surface area contributed by atoms with Crippen LogP contribution in [0, 0.1) is 32.8 Å². The lowest BCUT2D eigenvalue weighted by Crippen LogP contribution is -2.71. The summed E-state index contributed by atoms with van der Waals surface area (Å²) in [6.45, 7) is 6.14. The first-order chi connectivity index (χ1) is 20.7. The van der Waals surface area contributed by atoms with E-state index in [-0.39, 0.29) is 42.9 Å². The summed E-state index contributed by atoms with van der Waals surface area (Å²) < 4.78 is 43.3. The van der Waals surface area contributed by atoms with E-state index in [9.17, 15) is 24.8 Å². The third-order valence-electron chi connectivity index (χ3n) is 11.3. The summed E-state index contributed by atoms with van der Waals surface area (Å²) >= 11 is 0. The van der Waals surface area contributed by atoms with Crippen LogP contribution in [0.3, 0.4) is 0 Å². The predicted octanol–water partition coefficient (Wildman–Crippen LogP) is 4.04. The third kappa shape index (κ3) is 3.64. The molecule has 4 aliphatic carbocycles. The Hall–Kier alpha value is -3.35. The molecule has 236 valence electrons. The Morgan fingerprint density at radius 1 is 1.14 bits per heavy atom. The van der Waals surface area contributed by atoms with E-state index < -0.39 is 63.5 Å². The van der Waals surface area contributed by atoms with Crippen LogP contribution in [0.15, 0.2) is 47.4 Å². The van der Waals surface area contributed by atoms with Crippen LogP contribution in [0.2, 0.25) is 0 Å². The monoisotopic (exact) mass is 613 g/mol. The van der Waals surface area contributed by atoms with E-state index in [2.05, 4.69) is 4.84 Å². The van der Waals surface area contributed by atoms with Crippen molar-refractivity contribution in [3.05, 3.63) is 68.7 Å². The molecule has 1 N–H and O–H groups in total. The number of allylic oxidation sites excluding steroid dienone is 2. The second kappa shape index (κ2) is 9.34. The van der Waals surface area contributed by atoms with Gasteiger partial charge in [-0.2, -0.15) is 0 Å². The number of ether oxygens (including phenoxy) is 4. The maximum absolute atomic E-state index is 18.2. The Labute approximate surface area is 253 Å². The fourth-order valence-corrected chi connectivity index (χ4v) is 9.63. The van der Waals surface area contributed by atoms with Crippen molar-refractivity contribution in [3.63, 3.8) is 0 Å².